The molecule has 1 saturated carbocycles. The Kier molecular flexibility index (Phi) is 3.95. The maximum absolute atomic E-state index is 12.7. The first-order chi connectivity index (χ1) is 11.3. The fourth-order valence-electron chi connectivity index (χ4n) is 2.98. The number of thiophene rings is 1. The summed E-state index contributed by atoms with van der Waals surface area (Å²) in [6, 6.07) is 4.29. The number of hydrogen-bond acceptors (Lipinski definition) is 5. The fraction of sp³-hybridized carbons (Fsp3) is 0.500. The van der Waals surface area contributed by atoms with Crippen molar-refractivity contribution in [2.45, 2.75) is 51.1 Å². The molecule has 0 spiro atoms. The lowest BCUT2D eigenvalue weighted by atomic mass is 10.0. The van der Waals surface area contributed by atoms with Gasteiger partial charge in [0.25, 0.3) is 5.91 Å². The summed E-state index contributed by atoms with van der Waals surface area (Å²) in [5.41, 5.74) is 1.20. The average Bonchev–Trinajstić information content (AvgIpc) is 3.06. The van der Waals surface area contributed by atoms with Crippen molar-refractivity contribution in [2.75, 3.05) is 0 Å². The second-order valence-electron chi connectivity index (χ2n) is 6.06. The van der Waals surface area contributed by atoms with Crippen LogP contribution in [0.4, 0.5) is 0 Å². The van der Waals surface area contributed by atoms with Gasteiger partial charge in [0.2, 0.25) is 5.82 Å². The summed E-state index contributed by atoms with van der Waals surface area (Å²) < 4.78 is 0. The van der Waals surface area contributed by atoms with Gasteiger partial charge in [0.15, 0.2) is 0 Å². The van der Waals surface area contributed by atoms with Crippen molar-refractivity contribution in [1.82, 2.24) is 25.1 Å². The average molecular weight is 329 g/mol. The highest BCUT2D eigenvalue weighted by Gasteiger charge is 2.35. The molecule has 1 fully saturated rings. The molecule has 0 bridgehead atoms. The van der Waals surface area contributed by atoms with Gasteiger partial charge in [0.1, 0.15) is 6.54 Å². The second-order valence-corrected chi connectivity index (χ2v) is 7.00. The monoisotopic (exact) mass is 329 g/mol. The van der Waals surface area contributed by atoms with E-state index in [2.05, 4.69) is 21.5 Å². The van der Waals surface area contributed by atoms with Crippen molar-refractivity contribution in [3.63, 3.8) is 0 Å². The van der Waals surface area contributed by atoms with Crippen molar-refractivity contribution in [3.05, 3.63) is 29.3 Å². The third-order valence-electron chi connectivity index (χ3n) is 4.23. The zero-order valence-corrected chi connectivity index (χ0v) is 13.7. The van der Waals surface area contributed by atoms with Gasteiger partial charge in [-0.25, -0.2) is 0 Å². The molecule has 0 atom stereocenters. The molecule has 7 heteroatoms. The highest BCUT2D eigenvalue weighted by molar-refractivity contribution is 7.13. The van der Waals surface area contributed by atoms with Crippen LogP contribution in [0.2, 0.25) is 0 Å². The molecule has 0 aliphatic heterocycles. The Morgan fingerprint density at radius 1 is 1.39 bits per heavy atom. The van der Waals surface area contributed by atoms with Crippen LogP contribution in [0, 0.1) is 0 Å². The minimum absolute atomic E-state index is 0.0794. The first-order valence-corrected chi connectivity index (χ1v) is 9.02. The molecule has 2 aromatic rings. The molecule has 0 N–H and O–H groups in total. The molecule has 2 aromatic heterocycles. The maximum Gasteiger partial charge on any atom is 0.250 e. The molecule has 23 heavy (non-hydrogen) atoms. The molecule has 2 heterocycles. The van der Waals surface area contributed by atoms with Crippen LogP contribution in [-0.4, -0.2) is 37.1 Å². The molecule has 0 saturated heterocycles. The molecule has 2 aliphatic carbocycles. The van der Waals surface area contributed by atoms with E-state index in [0.29, 0.717) is 11.9 Å². The van der Waals surface area contributed by atoms with Crippen LogP contribution in [0.3, 0.4) is 0 Å². The summed E-state index contributed by atoms with van der Waals surface area (Å²) in [4.78, 5) is 17.1. The topological polar surface area (TPSA) is 63.9 Å². The van der Waals surface area contributed by atoms with E-state index in [1.54, 1.807) is 11.3 Å². The number of allylic oxidation sites excluding steroid dienone is 2. The Hall–Kier alpha value is -2.02. The summed E-state index contributed by atoms with van der Waals surface area (Å²) >= 11 is 1.57. The number of rotatable bonds is 5. The summed E-state index contributed by atoms with van der Waals surface area (Å²) in [6.07, 6.45) is 8.93. The number of hydrogen-bond donors (Lipinski definition) is 0. The lowest BCUT2D eigenvalue weighted by Gasteiger charge is -2.27. The third kappa shape index (κ3) is 3.19. The summed E-state index contributed by atoms with van der Waals surface area (Å²) in [5.74, 6) is 0.665. The van der Waals surface area contributed by atoms with Crippen molar-refractivity contribution in [1.29, 1.82) is 0 Å². The number of aromatic nitrogens is 4. The fourth-order valence-corrected chi connectivity index (χ4v) is 3.63. The standard InChI is InChI=1S/C16H19N5OS/c22-15(21(13-8-9-13)12-5-2-1-3-6-12)11-20-18-16(17-19-20)14-7-4-10-23-14/h4-5,7,10,13H,1-3,6,8-9,11H2. The number of carbonyl (C=O) groups excluding carboxylic acids is 1. The third-order valence-corrected chi connectivity index (χ3v) is 5.09. The second kappa shape index (κ2) is 6.23. The van der Waals surface area contributed by atoms with E-state index in [1.165, 1.54) is 23.3 Å². The van der Waals surface area contributed by atoms with Crippen molar-refractivity contribution < 1.29 is 4.79 Å². The van der Waals surface area contributed by atoms with Gasteiger partial charge in [-0.05, 0) is 55.2 Å². The van der Waals surface area contributed by atoms with E-state index in [1.807, 2.05) is 22.4 Å². The largest absolute Gasteiger partial charge is 0.312 e. The molecule has 0 aromatic carbocycles. The van der Waals surface area contributed by atoms with Crippen LogP contribution in [0.25, 0.3) is 10.7 Å². The maximum atomic E-state index is 12.7. The molecular formula is C16H19N5OS. The summed E-state index contributed by atoms with van der Waals surface area (Å²) in [7, 11) is 0. The molecule has 6 nitrogen and oxygen atoms in total. The molecule has 0 radical (unpaired) electrons. The van der Waals surface area contributed by atoms with Gasteiger partial charge in [0.05, 0.1) is 4.88 Å². The minimum atomic E-state index is 0.0794. The van der Waals surface area contributed by atoms with E-state index in [-0.39, 0.29) is 12.5 Å². The Morgan fingerprint density at radius 2 is 2.30 bits per heavy atom. The van der Waals surface area contributed by atoms with Gasteiger partial charge in [-0.3, -0.25) is 4.79 Å². The first-order valence-electron chi connectivity index (χ1n) is 8.14. The number of amides is 1. The zero-order valence-electron chi connectivity index (χ0n) is 12.9. The first kappa shape index (κ1) is 14.6. The summed E-state index contributed by atoms with van der Waals surface area (Å²) in [5, 5.41) is 14.4. The smallest absolute Gasteiger partial charge is 0.250 e. The Morgan fingerprint density at radius 3 is 3.00 bits per heavy atom. The van der Waals surface area contributed by atoms with E-state index in [4.69, 9.17) is 0 Å². The van der Waals surface area contributed by atoms with Gasteiger partial charge >= 0.3 is 0 Å². The normalized spacial score (nSPS) is 17.8. The molecule has 0 unspecified atom stereocenters. The van der Waals surface area contributed by atoms with Gasteiger partial charge < -0.3 is 4.90 Å². The molecule has 2 aliphatic rings. The lowest BCUT2D eigenvalue weighted by molar-refractivity contribution is -0.131. The van der Waals surface area contributed by atoms with Crippen molar-refractivity contribution in [2.24, 2.45) is 0 Å². The summed E-state index contributed by atoms with van der Waals surface area (Å²) in [6.45, 7) is 0.159. The number of nitrogens with zero attached hydrogens (tertiary/aromatic N) is 5. The van der Waals surface area contributed by atoms with Gasteiger partial charge in [0, 0.05) is 11.7 Å². The molecule has 4 rings (SSSR count). The van der Waals surface area contributed by atoms with Crippen LogP contribution in [0.1, 0.15) is 38.5 Å². The van der Waals surface area contributed by atoms with Gasteiger partial charge in [-0.15, -0.1) is 21.5 Å². The number of tetrazole rings is 1. The van der Waals surface area contributed by atoms with Crippen molar-refractivity contribution in [3.8, 4) is 10.7 Å². The van der Waals surface area contributed by atoms with Gasteiger partial charge in [-0.2, -0.15) is 4.80 Å². The van der Waals surface area contributed by atoms with Crippen LogP contribution in [0.15, 0.2) is 29.3 Å². The SMILES string of the molecule is O=C(Cn1nnc(-c2cccs2)n1)N(C1=CCCCC1)C1CC1. The number of carbonyl (C=O) groups is 1. The van der Waals surface area contributed by atoms with Crippen LogP contribution >= 0.6 is 11.3 Å². The highest BCUT2D eigenvalue weighted by atomic mass is 32.1. The van der Waals surface area contributed by atoms with E-state index in [9.17, 15) is 4.79 Å². The van der Waals surface area contributed by atoms with Crippen LogP contribution < -0.4 is 0 Å². The molecule has 1 amide bonds. The Balaban J connectivity index is 1.49. The van der Waals surface area contributed by atoms with Crippen LogP contribution in [0.5, 0.6) is 0 Å². The van der Waals surface area contributed by atoms with E-state index < -0.39 is 0 Å². The predicted octanol–water partition coefficient (Wildman–Crippen LogP) is 2.85. The van der Waals surface area contributed by atoms with Gasteiger partial charge in [-0.1, -0.05) is 12.1 Å². The highest BCUT2D eigenvalue weighted by Crippen LogP contribution is 2.33. The minimum Gasteiger partial charge on any atom is -0.312 e. The van der Waals surface area contributed by atoms with Crippen molar-refractivity contribution >= 4 is 17.2 Å². The Labute approximate surface area is 138 Å². The Bertz CT molecular complexity index is 717. The molecule has 120 valence electrons. The van der Waals surface area contributed by atoms with E-state index in [0.717, 1.165) is 30.6 Å². The zero-order chi connectivity index (χ0) is 15.6. The predicted molar refractivity (Wildman–Crippen MR) is 87.5 cm³/mol. The van der Waals surface area contributed by atoms with E-state index >= 15 is 0 Å². The quantitative estimate of drug-likeness (QED) is 0.846. The lowest BCUT2D eigenvalue weighted by Crippen LogP contribution is -2.36. The molecular weight excluding hydrogens is 310 g/mol. The van der Waals surface area contributed by atoms with Crippen LogP contribution in [-0.2, 0) is 11.3 Å².